The Morgan fingerprint density at radius 2 is 1.67 bits per heavy atom. The van der Waals surface area contributed by atoms with E-state index in [9.17, 15) is 8.42 Å². The van der Waals surface area contributed by atoms with Crippen LogP contribution in [0.4, 0.5) is 0 Å². The average molecular weight is 326 g/mol. The van der Waals surface area contributed by atoms with E-state index in [-0.39, 0.29) is 5.75 Å². The molecule has 0 aromatic heterocycles. The van der Waals surface area contributed by atoms with E-state index in [4.69, 9.17) is 14.0 Å². The predicted octanol–water partition coefficient (Wildman–Crippen LogP) is 1.56. The molecule has 0 bridgehead atoms. The first-order valence-corrected chi connectivity index (χ1v) is 9.29. The van der Waals surface area contributed by atoms with Gasteiger partial charge in [-0.15, -0.1) is 0 Å². The molecular formula is C14H32NO5S+. The van der Waals surface area contributed by atoms with E-state index in [0.29, 0.717) is 26.2 Å². The van der Waals surface area contributed by atoms with E-state index in [0.717, 1.165) is 37.0 Å². The third-order valence-electron chi connectivity index (χ3n) is 3.61. The summed E-state index contributed by atoms with van der Waals surface area (Å²) in [5.74, 6) is -0.168. The molecule has 7 heteroatoms. The number of hydrogen-bond donors (Lipinski definition) is 1. The maximum Gasteiger partial charge on any atom is 0.265 e. The molecule has 21 heavy (non-hydrogen) atoms. The summed E-state index contributed by atoms with van der Waals surface area (Å²) in [4.78, 5) is 0. The van der Waals surface area contributed by atoms with Crippen LogP contribution >= 0.6 is 0 Å². The first-order valence-electron chi connectivity index (χ1n) is 7.68. The number of unbranched alkanes of at least 4 members (excludes halogenated alkanes) is 2. The normalized spacial score (nSPS) is 15.0. The molecule has 0 aromatic rings. The van der Waals surface area contributed by atoms with Crippen LogP contribution in [-0.4, -0.2) is 76.8 Å². The molecule has 0 saturated heterocycles. The standard InChI is InChI=1S/C14H31NO5S/c1-4-5-6-8-15(2,9-7-14-21(16,17)18)10-11-20-13-12-19-3/h4-14H2,1-3H3/p+1. The predicted molar refractivity (Wildman–Crippen MR) is 84.0 cm³/mol. The fraction of sp³-hybridized carbons (Fsp3) is 1.00. The Kier molecular flexibility index (Phi) is 11.3. The topological polar surface area (TPSA) is 72.8 Å². The summed E-state index contributed by atoms with van der Waals surface area (Å²) in [7, 11) is -0.0952. The minimum absolute atomic E-state index is 0.168. The van der Waals surface area contributed by atoms with Crippen molar-refractivity contribution in [3.63, 3.8) is 0 Å². The Morgan fingerprint density at radius 3 is 2.24 bits per heavy atom. The highest BCUT2D eigenvalue weighted by molar-refractivity contribution is 7.85. The maximum atomic E-state index is 10.8. The highest BCUT2D eigenvalue weighted by Gasteiger charge is 2.21. The Balaban J connectivity index is 4.19. The Morgan fingerprint density at radius 1 is 1.00 bits per heavy atom. The number of rotatable bonds is 14. The van der Waals surface area contributed by atoms with Crippen LogP contribution in [-0.2, 0) is 19.6 Å². The quantitative estimate of drug-likeness (QED) is 0.298. The Bertz CT molecular complexity index is 347. The second kappa shape index (κ2) is 11.4. The Hall–Kier alpha value is -0.210. The van der Waals surface area contributed by atoms with Gasteiger partial charge in [0.15, 0.2) is 0 Å². The summed E-state index contributed by atoms with van der Waals surface area (Å²) in [6.45, 7) is 6.55. The summed E-state index contributed by atoms with van der Waals surface area (Å²) in [5, 5.41) is 0. The number of quaternary nitrogens is 1. The summed E-state index contributed by atoms with van der Waals surface area (Å²) in [6.07, 6.45) is 3.93. The van der Waals surface area contributed by atoms with Gasteiger partial charge in [0.1, 0.15) is 6.54 Å². The van der Waals surface area contributed by atoms with E-state index >= 15 is 0 Å². The van der Waals surface area contributed by atoms with E-state index < -0.39 is 10.1 Å². The van der Waals surface area contributed by atoms with E-state index in [1.54, 1.807) is 7.11 Å². The third-order valence-corrected chi connectivity index (χ3v) is 4.41. The second-order valence-corrected chi connectivity index (χ2v) is 7.31. The molecule has 0 radical (unpaired) electrons. The highest BCUT2D eigenvalue weighted by atomic mass is 32.2. The van der Waals surface area contributed by atoms with Crippen LogP contribution in [0.25, 0.3) is 0 Å². The van der Waals surface area contributed by atoms with E-state index in [1.165, 1.54) is 6.42 Å². The zero-order valence-electron chi connectivity index (χ0n) is 13.7. The molecule has 0 aromatic carbocycles. The zero-order valence-corrected chi connectivity index (χ0v) is 14.5. The number of likely N-dealkylation sites (N-methyl/N-ethyl adjacent to an activating group) is 1. The smallest absolute Gasteiger partial charge is 0.265 e. The minimum Gasteiger partial charge on any atom is -0.382 e. The molecule has 0 aliphatic carbocycles. The highest BCUT2D eigenvalue weighted by Crippen LogP contribution is 2.09. The van der Waals surface area contributed by atoms with Gasteiger partial charge in [0.25, 0.3) is 10.1 Å². The van der Waals surface area contributed by atoms with E-state index in [1.807, 2.05) is 0 Å². The molecule has 0 amide bonds. The molecule has 6 nitrogen and oxygen atoms in total. The summed E-state index contributed by atoms with van der Waals surface area (Å²) in [6, 6.07) is 0. The SMILES string of the molecule is CCCCC[N+](C)(CCCS(=O)(=O)O)CCOCCOC. The van der Waals surface area contributed by atoms with Crippen LogP contribution < -0.4 is 0 Å². The first kappa shape index (κ1) is 20.8. The molecule has 128 valence electrons. The second-order valence-electron chi connectivity index (χ2n) is 5.74. The van der Waals surface area contributed by atoms with Crippen LogP contribution in [0.15, 0.2) is 0 Å². The van der Waals surface area contributed by atoms with Crippen molar-refractivity contribution >= 4 is 10.1 Å². The summed E-state index contributed by atoms with van der Waals surface area (Å²) >= 11 is 0. The van der Waals surface area contributed by atoms with Gasteiger partial charge in [-0.2, -0.15) is 8.42 Å². The number of methoxy groups -OCH3 is 1. The maximum absolute atomic E-state index is 10.8. The number of hydrogen-bond acceptors (Lipinski definition) is 4. The van der Waals surface area contributed by atoms with Gasteiger partial charge >= 0.3 is 0 Å². The number of nitrogens with zero attached hydrogens (tertiary/aromatic N) is 1. The average Bonchev–Trinajstić information content (AvgIpc) is 2.37. The van der Waals surface area contributed by atoms with Gasteiger partial charge < -0.3 is 14.0 Å². The molecule has 0 spiro atoms. The molecule has 0 saturated carbocycles. The van der Waals surface area contributed by atoms with Gasteiger partial charge in [0.05, 0.1) is 45.7 Å². The monoisotopic (exact) mass is 326 g/mol. The summed E-state index contributed by atoms with van der Waals surface area (Å²) < 4.78 is 41.7. The van der Waals surface area contributed by atoms with Crippen molar-refractivity contribution < 1.29 is 26.9 Å². The lowest BCUT2D eigenvalue weighted by Crippen LogP contribution is -2.48. The lowest BCUT2D eigenvalue weighted by atomic mass is 10.2. The molecule has 0 fully saturated rings. The van der Waals surface area contributed by atoms with Crippen LogP contribution in [0.1, 0.15) is 32.6 Å². The van der Waals surface area contributed by atoms with Gasteiger partial charge in [-0.25, -0.2) is 0 Å². The molecule has 0 aliphatic heterocycles. The zero-order chi connectivity index (χ0) is 16.2. The molecule has 0 heterocycles. The number of ether oxygens (including phenoxy) is 2. The fourth-order valence-electron chi connectivity index (χ4n) is 2.24. The van der Waals surface area contributed by atoms with Crippen LogP contribution in [0.2, 0.25) is 0 Å². The van der Waals surface area contributed by atoms with Crippen molar-refractivity contribution in [3.8, 4) is 0 Å². The summed E-state index contributed by atoms with van der Waals surface area (Å²) in [5.41, 5.74) is 0. The van der Waals surface area contributed by atoms with Crippen LogP contribution in [0.3, 0.4) is 0 Å². The van der Waals surface area contributed by atoms with Crippen LogP contribution in [0.5, 0.6) is 0 Å². The Labute approximate surface area is 129 Å². The van der Waals surface area contributed by atoms with Crippen molar-refractivity contribution in [2.75, 3.05) is 59.4 Å². The fourth-order valence-corrected chi connectivity index (χ4v) is 2.73. The van der Waals surface area contributed by atoms with Gasteiger partial charge in [-0.05, 0) is 12.8 Å². The minimum atomic E-state index is -3.86. The van der Waals surface area contributed by atoms with Gasteiger partial charge in [0.2, 0.25) is 0 Å². The lowest BCUT2D eigenvalue weighted by molar-refractivity contribution is -0.910. The third kappa shape index (κ3) is 13.2. The van der Waals surface area contributed by atoms with Crippen molar-refractivity contribution in [1.82, 2.24) is 0 Å². The van der Waals surface area contributed by atoms with Crippen molar-refractivity contribution in [2.45, 2.75) is 32.6 Å². The van der Waals surface area contributed by atoms with Gasteiger partial charge in [0, 0.05) is 13.5 Å². The first-order chi connectivity index (χ1) is 9.83. The van der Waals surface area contributed by atoms with Crippen molar-refractivity contribution in [3.05, 3.63) is 0 Å². The van der Waals surface area contributed by atoms with E-state index in [2.05, 4.69) is 14.0 Å². The molecule has 1 N–H and O–H groups in total. The molecular weight excluding hydrogens is 294 g/mol. The molecule has 0 rings (SSSR count). The molecule has 1 unspecified atom stereocenters. The van der Waals surface area contributed by atoms with Crippen molar-refractivity contribution in [1.29, 1.82) is 0 Å². The lowest BCUT2D eigenvalue weighted by Gasteiger charge is -2.34. The largest absolute Gasteiger partial charge is 0.382 e. The van der Waals surface area contributed by atoms with Gasteiger partial charge in [-0.1, -0.05) is 13.3 Å². The van der Waals surface area contributed by atoms with Gasteiger partial charge in [-0.3, -0.25) is 4.55 Å². The van der Waals surface area contributed by atoms with Crippen LogP contribution in [0, 0.1) is 0 Å². The van der Waals surface area contributed by atoms with Crippen molar-refractivity contribution in [2.24, 2.45) is 0 Å². The molecule has 0 aliphatic rings. The molecule has 1 atom stereocenters.